The fraction of sp³-hybridized carbons (Fsp3) is 0.381. The molecule has 0 aliphatic carbocycles. The molecule has 0 aromatic heterocycles. The number of rotatable bonds is 7. The molecule has 6 heteroatoms. The Kier molecular flexibility index (Phi) is 6.78. The number of sulfonamides is 1. The zero-order valence-corrected chi connectivity index (χ0v) is 17.4. The molecule has 2 aromatic rings. The molecule has 2 aromatic carbocycles. The van der Waals surface area contributed by atoms with Crippen LogP contribution in [-0.2, 0) is 14.8 Å². The van der Waals surface area contributed by atoms with E-state index in [0.29, 0.717) is 12.1 Å². The Balaban J connectivity index is 2.23. The SMILES string of the molecule is Cc1ccc(S(=O)(=O)NC(CC(C)C)C(=O)Nc2ccc(C)cc2C)cc1. The standard InChI is InChI=1S/C21H28N2O3S/c1-14(2)12-20(21(24)22-19-11-8-16(4)13-17(19)5)23-27(25,26)18-9-6-15(3)7-10-18/h6-11,13-14,20,23H,12H2,1-5H3,(H,22,24). The van der Waals surface area contributed by atoms with E-state index in [0.717, 1.165) is 16.7 Å². The van der Waals surface area contributed by atoms with Gasteiger partial charge in [-0.2, -0.15) is 4.72 Å². The Bertz CT molecular complexity index is 904. The fourth-order valence-corrected chi connectivity index (χ4v) is 4.03. The van der Waals surface area contributed by atoms with E-state index in [1.165, 1.54) is 0 Å². The molecule has 0 fully saturated rings. The number of hydrogen-bond donors (Lipinski definition) is 2. The topological polar surface area (TPSA) is 75.3 Å². The number of anilines is 1. The smallest absolute Gasteiger partial charge is 0.242 e. The first kappa shape index (κ1) is 21.1. The lowest BCUT2D eigenvalue weighted by atomic mass is 10.0. The molecule has 1 atom stereocenters. The summed E-state index contributed by atoms with van der Waals surface area (Å²) in [6.45, 7) is 9.70. The van der Waals surface area contributed by atoms with Gasteiger partial charge < -0.3 is 5.32 Å². The van der Waals surface area contributed by atoms with E-state index < -0.39 is 16.1 Å². The van der Waals surface area contributed by atoms with Crippen molar-refractivity contribution in [2.45, 2.75) is 52.0 Å². The summed E-state index contributed by atoms with van der Waals surface area (Å²) in [5.74, 6) is -0.202. The molecular weight excluding hydrogens is 360 g/mol. The zero-order chi connectivity index (χ0) is 20.2. The van der Waals surface area contributed by atoms with Crippen LogP contribution in [0.2, 0.25) is 0 Å². The Hall–Kier alpha value is -2.18. The molecule has 1 amide bonds. The van der Waals surface area contributed by atoms with Gasteiger partial charge in [-0.3, -0.25) is 4.79 Å². The maximum Gasteiger partial charge on any atom is 0.242 e. The third-order valence-corrected chi connectivity index (χ3v) is 5.78. The van der Waals surface area contributed by atoms with Crippen LogP contribution in [0.15, 0.2) is 47.4 Å². The average Bonchev–Trinajstić information content (AvgIpc) is 2.56. The maximum absolute atomic E-state index is 12.8. The van der Waals surface area contributed by atoms with Gasteiger partial charge in [-0.1, -0.05) is 49.2 Å². The van der Waals surface area contributed by atoms with Crippen LogP contribution >= 0.6 is 0 Å². The third-order valence-electron chi connectivity index (χ3n) is 4.29. The van der Waals surface area contributed by atoms with Crippen LogP contribution in [0.5, 0.6) is 0 Å². The van der Waals surface area contributed by atoms with Crippen molar-refractivity contribution < 1.29 is 13.2 Å². The molecule has 0 aliphatic rings. The van der Waals surface area contributed by atoms with Gasteiger partial charge >= 0.3 is 0 Å². The second-order valence-corrected chi connectivity index (χ2v) is 9.14. The summed E-state index contributed by atoms with van der Waals surface area (Å²) in [6.07, 6.45) is 0.405. The van der Waals surface area contributed by atoms with Gasteiger partial charge in [-0.15, -0.1) is 0 Å². The second kappa shape index (κ2) is 8.67. The van der Waals surface area contributed by atoms with Crippen LogP contribution in [-0.4, -0.2) is 20.4 Å². The summed E-state index contributed by atoms with van der Waals surface area (Å²) in [4.78, 5) is 13.0. The predicted molar refractivity (Wildman–Crippen MR) is 109 cm³/mol. The van der Waals surface area contributed by atoms with Crippen molar-refractivity contribution in [1.29, 1.82) is 0 Å². The quantitative estimate of drug-likeness (QED) is 0.754. The first-order chi connectivity index (χ1) is 12.6. The number of hydrogen-bond acceptors (Lipinski definition) is 3. The van der Waals surface area contributed by atoms with E-state index in [9.17, 15) is 13.2 Å². The van der Waals surface area contributed by atoms with Gasteiger partial charge in [-0.25, -0.2) is 8.42 Å². The molecule has 0 saturated heterocycles. The predicted octanol–water partition coefficient (Wildman–Crippen LogP) is 3.94. The molecule has 2 N–H and O–H groups in total. The summed E-state index contributed by atoms with van der Waals surface area (Å²) in [5.41, 5.74) is 3.70. The lowest BCUT2D eigenvalue weighted by Gasteiger charge is -2.21. The monoisotopic (exact) mass is 388 g/mol. The highest BCUT2D eigenvalue weighted by atomic mass is 32.2. The highest BCUT2D eigenvalue weighted by Gasteiger charge is 2.26. The zero-order valence-electron chi connectivity index (χ0n) is 16.5. The molecule has 0 saturated carbocycles. The number of aryl methyl sites for hydroxylation is 3. The average molecular weight is 389 g/mol. The molecule has 0 bridgehead atoms. The molecular formula is C21H28N2O3S. The van der Waals surface area contributed by atoms with E-state index in [-0.39, 0.29) is 16.7 Å². The molecule has 1 unspecified atom stereocenters. The van der Waals surface area contributed by atoms with Crippen molar-refractivity contribution in [3.05, 3.63) is 59.2 Å². The molecule has 0 aliphatic heterocycles. The number of nitrogens with one attached hydrogen (secondary N) is 2. The van der Waals surface area contributed by atoms with Gasteiger partial charge in [0.05, 0.1) is 4.90 Å². The lowest BCUT2D eigenvalue weighted by molar-refractivity contribution is -0.118. The van der Waals surface area contributed by atoms with Crippen LogP contribution < -0.4 is 10.0 Å². The van der Waals surface area contributed by atoms with Crippen molar-refractivity contribution in [3.63, 3.8) is 0 Å². The summed E-state index contributed by atoms with van der Waals surface area (Å²) >= 11 is 0. The fourth-order valence-electron chi connectivity index (χ4n) is 2.83. The summed E-state index contributed by atoms with van der Waals surface area (Å²) in [6, 6.07) is 11.4. The van der Waals surface area contributed by atoms with Gasteiger partial charge in [0, 0.05) is 5.69 Å². The molecule has 2 rings (SSSR count). The Morgan fingerprint density at radius 1 is 0.963 bits per heavy atom. The second-order valence-electron chi connectivity index (χ2n) is 7.42. The number of benzene rings is 2. The molecule has 146 valence electrons. The van der Waals surface area contributed by atoms with Crippen LogP contribution in [0, 0.1) is 26.7 Å². The van der Waals surface area contributed by atoms with E-state index in [2.05, 4.69) is 10.0 Å². The summed E-state index contributed by atoms with van der Waals surface area (Å²) in [7, 11) is -3.79. The van der Waals surface area contributed by atoms with Crippen molar-refractivity contribution >= 4 is 21.6 Å². The van der Waals surface area contributed by atoms with E-state index in [4.69, 9.17) is 0 Å². The third kappa shape index (κ3) is 5.91. The minimum Gasteiger partial charge on any atom is -0.324 e. The molecule has 0 heterocycles. The van der Waals surface area contributed by atoms with Crippen molar-refractivity contribution in [3.8, 4) is 0 Å². The van der Waals surface area contributed by atoms with Gasteiger partial charge in [0.15, 0.2) is 0 Å². The molecule has 27 heavy (non-hydrogen) atoms. The first-order valence-corrected chi connectivity index (χ1v) is 10.5. The lowest BCUT2D eigenvalue weighted by Crippen LogP contribution is -2.44. The van der Waals surface area contributed by atoms with E-state index in [1.807, 2.05) is 52.8 Å². The van der Waals surface area contributed by atoms with Gasteiger partial charge in [0.2, 0.25) is 15.9 Å². The molecule has 0 radical (unpaired) electrons. The van der Waals surface area contributed by atoms with Crippen molar-refractivity contribution in [1.82, 2.24) is 4.72 Å². The Morgan fingerprint density at radius 3 is 2.11 bits per heavy atom. The molecule has 0 spiro atoms. The van der Waals surface area contributed by atoms with Crippen molar-refractivity contribution in [2.75, 3.05) is 5.32 Å². The van der Waals surface area contributed by atoms with Gasteiger partial charge in [0.25, 0.3) is 0 Å². The number of amides is 1. The highest BCUT2D eigenvalue weighted by molar-refractivity contribution is 7.89. The van der Waals surface area contributed by atoms with Crippen molar-refractivity contribution in [2.24, 2.45) is 5.92 Å². The Morgan fingerprint density at radius 2 is 1.56 bits per heavy atom. The van der Waals surface area contributed by atoms with E-state index >= 15 is 0 Å². The normalized spacial score (nSPS) is 12.8. The van der Waals surface area contributed by atoms with Crippen LogP contribution in [0.25, 0.3) is 0 Å². The van der Waals surface area contributed by atoms with E-state index in [1.54, 1.807) is 24.3 Å². The largest absolute Gasteiger partial charge is 0.324 e. The minimum atomic E-state index is -3.79. The van der Waals surface area contributed by atoms with Crippen LogP contribution in [0.1, 0.15) is 37.0 Å². The maximum atomic E-state index is 12.8. The summed E-state index contributed by atoms with van der Waals surface area (Å²) < 4.78 is 28.0. The van der Waals surface area contributed by atoms with Crippen LogP contribution in [0.4, 0.5) is 5.69 Å². The van der Waals surface area contributed by atoms with Gasteiger partial charge in [0.1, 0.15) is 6.04 Å². The summed E-state index contributed by atoms with van der Waals surface area (Å²) in [5, 5.41) is 2.86. The molecule has 5 nitrogen and oxygen atoms in total. The number of carbonyl (C=O) groups excluding carboxylic acids is 1. The minimum absolute atomic E-state index is 0.153. The highest BCUT2D eigenvalue weighted by Crippen LogP contribution is 2.18. The number of carbonyl (C=O) groups is 1. The Labute approximate surface area is 162 Å². The van der Waals surface area contributed by atoms with Crippen LogP contribution in [0.3, 0.4) is 0 Å². The van der Waals surface area contributed by atoms with Gasteiger partial charge in [-0.05, 0) is 56.9 Å². The first-order valence-electron chi connectivity index (χ1n) is 9.05.